The number of piperazine rings is 1. The van der Waals surface area contributed by atoms with Gasteiger partial charge in [0.1, 0.15) is 6.54 Å². The number of halogens is 1. The first-order chi connectivity index (χ1) is 14.0. The molecule has 1 N–H and O–H groups in total. The van der Waals surface area contributed by atoms with Gasteiger partial charge in [0.25, 0.3) is 5.56 Å². The number of nitrogens with one attached hydrogen (secondary N) is 1. The molecular weight excluding hydrogens is 436 g/mol. The van der Waals surface area contributed by atoms with E-state index in [0.29, 0.717) is 32.7 Å². The lowest BCUT2D eigenvalue weighted by atomic mass is 10.1. The first-order valence-corrected chi connectivity index (χ1v) is 10.5. The van der Waals surface area contributed by atoms with Crippen molar-refractivity contribution in [1.82, 2.24) is 14.4 Å². The van der Waals surface area contributed by atoms with Gasteiger partial charge in [0, 0.05) is 48.6 Å². The van der Waals surface area contributed by atoms with Crippen molar-refractivity contribution in [2.24, 2.45) is 0 Å². The van der Waals surface area contributed by atoms with E-state index < -0.39 is 0 Å². The Bertz CT molecular complexity index is 936. The Morgan fingerprint density at radius 2 is 1.76 bits per heavy atom. The lowest BCUT2D eigenvalue weighted by Crippen LogP contribution is -2.51. The normalized spacial score (nSPS) is 14.6. The molecule has 7 nitrogen and oxygen atoms in total. The van der Waals surface area contributed by atoms with Gasteiger partial charge in [-0.05, 0) is 40.0 Å². The van der Waals surface area contributed by atoms with Crippen LogP contribution in [0.15, 0.2) is 51.9 Å². The van der Waals surface area contributed by atoms with Gasteiger partial charge in [-0.1, -0.05) is 25.1 Å². The fourth-order valence-corrected chi connectivity index (χ4v) is 3.75. The number of aryl methyl sites for hydroxylation is 1. The molecule has 1 saturated heterocycles. The van der Waals surface area contributed by atoms with Crippen molar-refractivity contribution in [2.75, 3.05) is 38.0 Å². The van der Waals surface area contributed by atoms with E-state index in [9.17, 15) is 14.4 Å². The predicted molar refractivity (Wildman–Crippen MR) is 116 cm³/mol. The number of pyridine rings is 1. The summed E-state index contributed by atoms with van der Waals surface area (Å²) < 4.78 is 2.16. The minimum Gasteiger partial charge on any atom is -0.339 e. The highest BCUT2D eigenvalue weighted by molar-refractivity contribution is 9.10. The van der Waals surface area contributed by atoms with Crippen LogP contribution in [0.5, 0.6) is 0 Å². The maximum atomic E-state index is 12.5. The zero-order valence-corrected chi connectivity index (χ0v) is 18.0. The van der Waals surface area contributed by atoms with Crippen LogP contribution in [-0.4, -0.2) is 58.9 Å². The third-order valence-electron chi connectivity index (χ3n) is 5.02. The van der Waals surface area contributed by atoms with E-state index in [-0.39, 0.29) is 23.9 Å². The second-order valence-electron chi connectivity index (χ2n) is 7.03. The predicted octanol–water partition coefficient (Wildman–Crippen LogP) is 1.96. The molecule has 0 aliphatic carbocycles. The highest BCUT2D eigenvalue weighted by Gasteiger charge is 2.23. The molecule has 1 aromatic heterocycles. The molecule has 1 fully saturated rings. The topological polar surface area (TPSA) is 74.7 Å². The molecule has 3 rings (SSSR count). The molecular formula is C21H25BrN4O3. The lowest BCUT2D eigenvalue weighted by Gasteiger charge is -2.34. The lowest BCUT2D eigenvalue weighted by molar-refractivity contribution is -0.133. The quantitative estimate of drug-likeness (QED) is 0.714. The molecule has 2 heterocycles. The standard InChI is InChI=1S/C21H25BrN4O3/c1-2-16-5-3-4-6-18(16)23-19(27)14-24-9-11-25(12-10-24)21(29)15-26-13-17(22)7-8-20(26)28/h3-8,13H,2,9-12,14-15H2,1H3,(H,23,27). The second-order valence-corrected chi connectivity index (χ2v) is 7.94. The minimum absolute atomic E-state index is 0.0204. The summed E-state index contributed by atoms with van der Waals surface area (Å²) in [7, 11) is 0. The molecule has 0 radical (unpaired) electrons. The first kappa shape index (κ1) is 21.3. The molecule has 1 aromatic carbocycles. The molecule has 0 unspecified atom stereocenters. The van der Waals surface area contributed by atoms with Gasteiger partial charge in [0.2, 0.25) is 11.8 Å². The largest absolute Gasteiger partial charge is 0.339 e. The van der Waals surface area contributed by atoms with Gasteiger partial charge in [-0.3, -0.25) is 19.3 Å². The maximum absolute atomic E-state index is 12.5. The summed E-state index contributed by atoms with van der Waals surface area (Å²) in [6, 6.07) is 10.9. The number of carbonyl (C=O) groups is 2. The van der Waals surface area contributed by atoms with Gasteiger partial charge in [0.05, 0.1) is 6.54 Å². The third-order valence-corrected chi connectivity index (χ3v) is 5.49. The Hall–Kier alpha value is -2.45. The molecule has 154 valence electrons. The highest BCUT2D eigenvalue weighted by Crippen LogP contribution is 2.15. The van der Waals surface area contributed by atoms with Gasteiger partial charge in [-0.25, -0.2) is 0 Å². The van der Waals surface area contributed by atoms with E-state index in [4.69, 9.17) is 0 Å². The van der Waals surface area contributed by atoms with Crippen LogP contribution in [0, 0.1) is 0 Å². The van der Waals surface area contributed by atoms with E-state index >= 15 is 0 Å². The van der Waals surface area contributed by atoms with Crippen LogP contribution in [0.2, 0.25) is 0 Å². The Balaban J connectivity index is 1.48. The van der Waals surface area contributed by atoms with E-state index in [1.165, 1.54) is 10.6 Å². The summed E-state index contributed by atoms with van der Waals surface area (Å²) in [5.41, 5.74) is 1.76. The van der Waals surface area contributed by atoms with Crippen LogP contribution in [0.1, 0.15) is 12.5 Å². The van der Waals surface area contributed by atoms with E-state index in [1.54, 1.807) is 17.2 Å². The van der Waals surface area contributed by atoms with Crippen molar-refractivity contribution < 1.29 is 9.59 Å². The number of hydrogen-bond donors (Lipinski definition) is 1. The molecule has 8 heteroatoms. The van der Waals surface area contributed by atoms with Crippen LogP contribution < -0.4 is 10.9 Å². The number of aromatic nitrogens is 1. The second kappa shape index (κ2) is 9.84. The van der Waals surface area contributed by atoms with Gasteiger partial charge in [0.15, 0.2) is 0 Å². The van der Waals surface area contributed by atoms with Gasteiger partial charge >= 0.3 is 0 Å². The molecule has 2 aromatic rings. The molecule has 0 spiro atoms. The average molecular weight is 461 g/mol. The number of benzene rings is 1. The van der Waals surface area contributed by atoms with Gasteiger partial charge < -0.3 is 14.8 Å². The Morgan fingerprint density at radius 1 is 1.03 bits per heavy atom. The zero-order valence-electron chi connectivity index (χ0n) is 16.4. The van der Waals surface area contributed by atoms with Crippen LogP contribution in [0.4, 0.5) is 5.69 Å². The van der Waals surface area contributed by atoms with Crippen LogP contribution in [0.25, 0.3) is 0 Å². The summed E-state index contributed by atoms with van der Waals surface area (Å²) in [6.45, 7) is 4.71. The zero-order chi connectivity index (χ0) is 20.8. The van der Waals surface area contributed by atoms with Gasteiger partial charge in [-0.15, -0.1) is 0 Å². The Kier molecular flexibility index (Phi) is 7.22. The fraction of sp³-hybridized carbons (Fsp3) is 0.381. The fourth-order valence-electron chi connectivity index (χ4n) is 3.37. The van der Waals surface area contributed by atoms with Crippen molar-refractivity contribution in [3.05, 3.63) is 63.0 Å². The Labute approximate surface area is 178 Å². The van der Waals surface area contributed by atoms with Gasteiger partial charge in [-0.2, -0.15) is 0 Å². The van der Waals surface area contributed by atoms with Crippen molar-refractivity contribution in [3.63, 3.8) is 0 Å². The molecule has 29 heavy (non-hydrogen) atoms. The van der Waals surface area contributed by atoms with Crippen molar-refractivity contribution >= 4 is 33.4 Å². The molecule has 0 atom stereocenters. The summed E-state index contributed by atoms with van der Waals surface area (Å²) in [5.74, 6) is -0.141. The van der Waals surface area contributed by atoms with Crippen LogP contribution in [0.3, 0.4) is 0 Å². The van der Waals surface area contributed by atoms with Crippen molar-refractivity contribution in [1.29, 1.82) is 0 Å². The van der Waals surface area contributed by atoms with E-state index in [1.807, 2.05) is 29.2 Å². The number of nitrogens with zero attached hydrogens (tertiary/aromatic N) is 3. The number of carbonyl (C=O) groups excluding carboxylic acids is 2. The maximum Gasteiger partial charge on any atom is 0.251 e. The summed E-state index contributed by atoms with van der Waals surface area (Å²) in [4.78, 5) is 40.6. The number of anilines is 1. The smallest absolute Gasteiger partial charge is 0.251 e. The average Bonchev–Trinajstić information content (AvgIpc) is 2.71. The van der Waals surface area contributed by atoms with Crippen LogP contribution in [-0.2, 0) is 22.6 Å². The molecule has 0 saturated carbocycles. The van der Waals surface area contributed by atoms with Crippen molar-refractivity contribution in [3.8, 4) is 0 Å². The highest BCUT2D eigenvalue weighted by atomic mass is 79.9. The number of amides is 2. The number of rotatable bonds is 6. The number of para-hydroxylation sites is 1. The third kappa shape index (κ3) is 5.77. The molecule has 1 aliphatic heterocycles. The van der Waals surface area contributed by atoms with E-state index in [0.717, 1.165) is 22.1 Å². The monoisotopic (exact) mass is 460 g/mol. The molecule has 0 bridgehead atoms. The van der Waals surface area contributed by atoms with Crippen LogP contribution >= 0.6 is 15.9 Å². The summed E-state index contributed by atoms with van der Waals surface area (Å²) in [6.07, 6.45) is 2.48. The number of hydrogen-bond acceptors (Lipinski definition) is 4. The summed E-state index contributed by atoms with van der Waals surface area (Å²) in [5, 5.41) is 2.98. The minimum atomic E-state index is -0.204. The SMILES string of the molecule is CCc1ccccc1NC(=O)CN1CCN(C(=O)Cn2cc(Br)ccc2=O)CC1. The first-order valence-electron chi connectivity index (χ1n) is 9.70. The van der Waals surface area contributed by atoms with E-state index in [2.05, 4.69) is 28.2 Å². The summed E-state index contributed by atoms with van der Waals surface area (Å²) >= 11 is 3.32. The van der Waals surface area contributed by atoms with Crippen molar-refractivity contribution in [2.45, 2.75) is 19.9 Å². The Morgan fingerprint density at radius 3 is 2.48 bits per heavy atom. The molecule has 2 amide bonds. The molecule has 1 aliphatic rings.